The molecule has 0 aliphatic heterocycles. The van der Waals surface area contributed by atoms with E-state index >= 15 is 0 Å². The van der Waals surface area contributed by atoms with Gasteiger partial charge in [0.25, 0.3) is 17.3 Å². The highest BCUT2D eigenvalue weighted by molar-refractivity contribution is 7.38. The molecule has 0 amide bonds. The van der Waals surface area contributed by atoms with Crippen LogP contribution in [0.25, 0.3) is 0 Å². The summed E-state index contributed by atoms with van der Waals surface area (Å²) in [4.78, 5) is 38.2. The molecule has 6 atom stereocenters. The maximum Gasteiger partial charge on any atom is 0.529 e. The molecular weight excluding hydrogens is 605 g/mol. The molecule has 0 heterocycles. The van der Waals surface area contributed by atoms with Crippen LogP contribution in [0, 0.1) is 0 Å². The first-order chi connectivity index (χ1) is 20.6. The van der Waals surface area contributed by atoms with Gasteiger partial charge in [0.15, 0.2) is 0 Å². The molecule has 0 bridgehead atoms. The van der Waals surface area contributed by atoms with Crippen molar-refractivity contribution in [3.63, 3.8) is 0 Å². The van der Waals surface area contributed by atoms with Crippen molar-refractivity contribution in [2.24, 2.45) is 0 Å². The highest BCUT2D eigenvalue weighted by Gasteiger charge is 2.38. The molecule has 3 rings (SSSR count). The van der Waals surface area contributed by atoms with E-state index in [9.17, 15) is 28.4 Å². The summed E-state index contributed by atoms with van der Waals surface area (Å²) in [5, 5.41) is 0. The van der Waals surface area contributed by atoms with Gasteiger partial charge in [-0.15, -0.1) is 0 Å². The number of hydrogen-bond acceptors (Lipinski definition) is 7. The molecule has 230 valence electrons. The third kappa shape index (κ3) is 10.7. The fourth-order valence-electron chi connectivity index (χ4n) is 5.13. The van der Waals surface area contributed by atoms with Crippen molar-refractivity contribution in [3.05, 3.63) is 108 Å². The molecule has 0 radical (unpaired) electrons. The Bertz CT molecular complexity index is 1150. The van der Waals surface area contributed by atoms with Crippen LogP contribution in [0.5, 0.6) is 0 Å². The zero-order chi connectivity index (χ0) is 31.4. The van der Waals surface area contributed by atoms with Gasteiger partial charge in [-0.3, -0.25) is 19.6 Å². The van der Waals surface area contributed by atoms with Crippen LogP contribution in [0.1, 0.15) is 34.0 Å². The van der Waals surface area contributed by atoms with Crippen molar-refractivity contribution >= 4 is 24.1 Å². The predicted octanol–water partition coefficient (Wildman–Crippen LogP) is 5.38. The van der Waals surface area contributed by atoms with Crippen LogP contribution in [-0.4, -0.2) is 94.7 Å². The minimum Gasteiger partial charge on any atom is -0.300 e. The van der Waals surface area contributed by atoms with Crippen LogP contribution in [0.3, 0.4) is 0 Å². The summed E-state index contributed by atoms with van der Waals surface area (Å²) in [7, 11) is -2.07. The third-order valence-corrected chi connectivity index (χ3v) is 10.8. The largest absolute Gasteiger partial charge is 0.529 e. The highest BCUT2D eigenvalue weighted by Crippen LogP contribution is 2.41. The Kier molecular flexibility index (Phi) is 14.6. The minimum atomic E-state index is -2.51. The lowest BCUT2D eigenvalue weighted by Crippen LogP contribution is -2.42. The Labute approximate surface area is 257 Å². The van der Waals surface area contributed by atoms with Gasteiger partial charge in [-0.05, 0) is 34.8 Å². The molecule has 3 N–H and O–H groups in total. The van der Waals surface area contributed by atoms with Crippen LogP contribution in [0.4, 0.5) is 0 Å². The molecule has 0 saturated heterocycles. The van der Waals surface area contributed by atoms with Gasteiger partial charge in [-0.25, -0.2) is 0 Å². The maximum absolute atomic E-state index is 12.3. The van der Waals surface area contributed by atoms with Gasteiger partial charge >= 0.3 is 24.1 Å². The lowest BCUT2D eigenvalue weighted by atomic mass is 10.2. The van der Waals surface area contributed by atoms with Gasteiger partial charge < -0.3 is 0 Å². The van der Waals surface area contributed by atoms with Crippen molar-refractivity contribution in [3.8, 4) is 0 Å². The number of benzene rings is 3. The molecule has 0 saturated carbocycles. The maximum atomic E-state index is 12.3. The van der Waals surface area contributed by atoms with Crippen molar-refractivity contribution in [1.82, 2.24) is 19.6 Å². The summed E-state index contributed by atoms with van der Waals surface area (Å²) >= 11 is 0. The predicted molar refractivity (Wildman–Crippen MR) is 171 cm³/mol. The summed E-state index contributed by atoms with van der Waals surface area (Å²) in [6.45, 7) is 3.11. The Morgan fingerprint density at radius 3 is 0.907 bits per heavy atom. The summed E-state index contributed by atoms with van der Waals surface area (Å²) in [6, 6.07) is 27.7. The number of likely N-dealkylation sites (N-methyl/N-ethyl adjacent to an activating group) is 3. The first-order valence-electron chi connectivity index (χ1n) is 14.0. The first kappa shape index (κ1) is 35.2. The van der Waals surface area contributed by atoms with E-state index < -0.39 is 41.4 Å². The minimum absolute atomic E-state index is 0.487. The quantitative estimate of drug-likeness (QED) is 0.155. The molecule has 0 aliphatic carbocycles. The molecule has 0 spiro atoms. The molecule has 0 fully saturated rings. The van der Waals surface area contributed by atoms with Crippen molar-refractivity contribution in [2.75, 3.05) is 60.4 Å². The summed E-state index contributed by atoms with van der Waals surface area (Å²) < 4.78 is 37.0. The van der Waals surface area contributed by atoms with E-state index in [0.717, 1.165) is 16.7 Å². The molecule has 3 aromatic carbocycles. The first-order valence-corrected chi connectivity index (χ1v) is 17.9. The fraction of sp³-hybridized carbons (Fsp3) is 0.400. The number of hydrogen-bond donors (Lipinski definition) is 3. The second-order valence-corrected chi connectivity index (χ2v) is 13.8. The van der Waals surface area contributed by atoms with Crippen LogP contribution in [0.2, 0.25) is 0 Å². The Hall–Kier alpha value is -2.32. The van der Waals surface area contributed by atoms with Gasteiger partial charge in [0.1, 0.15) is 0 Å². The van der Waals surface area contributed by atoms with Crippen LogP contribution in [0.15, 0.2) is 91.0 Å². The summed E-state index contributed by atoms with van der Waals surface area (Å²) in [5.74, 6) is -1.99. The zero-order valence-corrected chi connectivity index (χ0v) is 27.5. The Morgan fingerprint density at radius 1 is 0.465 bits per heavy atom. The summed E-state index contributed by atoms with van der Waals surface area (Å²) in [6.07, 6.45) is 0. The molecule has 6 unspecified atom stereocenters. The van der Waals surface area contributed by atoms with E-state index in [1.54, 1.807) is 0 Å². The molecule has 10 nitrogen and oxygen atoms in total. The van der Waals surface area contributed by atoms with Crippen LogP contribution < -0.4 is 0 Å². The normalized spacial score (nSPS) is 15.1. The second-order valence-electron chi connectivity index (χ2n) is 10.5. The van der Waals surface area contributed by atoms with E-state index in [2.05, 4.69) is 4.90 Å². The number of rotatable bonds is 18. The summed E-state index contributed by atoms with van der Waals surface area (Å²) in [5.41, 5.74) is 2.28. The van der Waals surface area contributed by atoms with Crippen molar-refractivity contribution < 1.29 is 28.4 Å². The molecule has 0 aliphatic rings. The van der Waals surface area contributed by atoms with Gasteiger partial charge in [-0.1, -0.05) is 91.0 Å². The van der Waals surface area contributed by atoms with Gasteiger partial charge in [0.05, 0.1) is 0 Å². The lowest BCUT2D eigenvalue weighted by molar-refractivity contribution is 0.164. The van der Waals surface area contributed by atoms with Gasteiger partial charge in [0.2, 0.25) is 0 Å². The average Bonchev–Trinajstić information content (AvgIpc) is 2.98. The van der Waals surface area contributed by atoms with E-state index in [1.807, 2.05) is 127 Å². The van der Waals surface area contributed by atoms with E-state index in [-0.39, 0.29) is 0 Å². The Morgan fingerprint density at radius 2 is 0.698 bits per heavy atom. The molecule has 0 aromatic heterocycles. The lowest BCUT2D eigenvalue weighted by Gasteiger charge is -2.30. The van der Waals surface area contributed by atoms with E-state index in [4.69, 9.17) is 0 Å². The Balaban J connectivity index is 1.74. The smallest absolute Gasteiger partial charge is 0.300 e. The van der Waals surface area contributed by atoms with Crippen molar-refractivity contribution in [2.45, 2.75) is 17.3 Å². The molecule has 43 heavy (non-hydrogen) atoms. The van der Waals surface area contributed by atoms with Gasteiger partial charge in [0, 0.05) is 56.0 Å². The second kappa shape index (κ2) is 17.8. The van der Waals surface area contributed by atoms with Crippen LogP contribution >= 0.6 is 24.1 Å². The molecule has 3 aromatic rings. The van der Waals surface area contributed by atoms with Crippen LogP contribution in [-0.2, 0) is 13.7 Å². The third-order valence-electron chi connectivity index (χ3n) is 7.48. The topological polar surface area (TPSA) is 125 Å². The average molecular weight is 648 g/mol. The number of nitrogens with zero attached hydrogens (tertiary/aromatic N) is 4. The molecule has 13 heteroatoms. The standard InChI is InChI=1S/C30H39N4O6P3/c1-31(28(41(35)36)25-13-7-4-8-14-25)19-22-34(23-20-32(2)29(42(37)38)26-15-9-5-10-16-26)24-21-33(3)30(43(39)40)27-17-11-6-12-18-27/h4-18,28-30H,19-24H2,1-3H3/p+3. The SMILES string of the molecule is CN(CCN(CCN(C)C(c1ccccc1)[P+](=O)O)CCN(C)C(c1ccccc1)[P+](=O)O)C(c1ccccc1)[P+](=O)O. The van der Waals surface area contributed by atoms with E-state index in [0.29, 0.717) is 39.3 Å². The van der Waals surface area contributed by atoms with Gasteiger partial charge in [-0.2, -0.15) is 14.7 Å². The molecular formula is C30H42N4O6P3+3. The fourth-order valence-corrected chi connectivity index (χ4v) is 7.77. The monoisotopic (exact) mass is 647 g/mol. The zero-order valence-electron chi connectivity index (χ0n) is 24.8. The van der Waals surface area contributed by atoms with E-state index in [1.165, 1.54) is 0 Å². The highest BCUT2D eigenvalue weighted by atomic mass is 31.1. The van der Waals surface area contributed by atoms with Crippen molar-refractivity contribution in [1.29, 1.82) is 0 Å².